The van der Waals surface area contributed by atoms with E-state index in [0.717, 1.165) is 6.42 Å². The summed E-state index contributed by atoms with van der Waals surface area (Å²) >= 11 is 0. The molecule has 0 radical (unpaired) electrons. The van der Waals surface area contributed by atoms with E-state index in [1.807, 2.05) is 57.2 Å². The van der Waals surface area contributed by atoms with E-state index in [-0.39, 0.29) is 37.3 Å². The van der Waals surface area contributed by atoms with Crippen LogP contribution in [0.4, 0.5) is 4.79 Å². The zero-order valence-electron chi connectivity index (χ0n) is 37.3. The molecular weight excluding hydrogens is 829 g/mol. The van der Waals surface area contributed by atoms with Gasteiger partial charge in [0.1, 0.15) is 35.2 Å². The third-order valence-electron chi connectivity index (χ3n) is 12.4. The van der Waals surface area contributed by atoms with Gasteiger partial charge in [-0.1, -0.05) is 26.0 Å². The van der Waals surface area contributed by atoms with Crippen LogP contribution in [-0.4, -0.2) is 111 Å². The maximum atomic E-state index is 15.3. The molecule has 17 heteroatoms. The minimum absolute atomic E-state index is 0.0220. The number of amides is 4. The maximum absolute atomic E-state index is 15.3. The van der Waals surface area contributed by atoms with Gasteiger partial charge >= 0.3 is 6.09 Å². The van der Waals surface area contributed by atoms with Crippen LogP contribution in [0.2, 0.25) is 0 Å². The van der Waals surface area contributed by atoms with Gasteiger partial charge in [0.05, 0.1) is 35.9 Å². The highest BCUT2D eigenvalue weighted by Crippen LogP contribution is 2.46. The van der Waals surface area contributed by atoms with Gasteiger partial charge in [-0.25, -0.2) is 18.2 Å². The third-order valence-corrected chi connectivity index (χ3v) is 14.2. The third kappa shape index (κ3) is 9.87. The van der Waals surface area contributed by atoms with Gasteiger partial charge in [0.2, 0.25) is 27.7 Å². The average Bonchev–Trinajstić information content (AvgIpc) is 4.14. The highest BCUT2D eigenvalue weighted by molar-refractivity contribution is 7.91. The first kappa shape index (κ1) is 45.6. The second-order valence-electron chi connectivity index (χ2n) is 18.9. The fourth-order valence-electron chi connectivity index (χ4n) is 9.00. The Morgan fingerprint density at radius 1 is 1.02 bits per heavy atom. The van der Waals surface area contributed by atoms with E-state index in [1.54, 1.807) is 46.1 Å². The number of carbonyl (C=O) groups excluding carboxylic acids is 3. The van der Waals surface area contributed by atoms with Crippen molar-refractivity contribution >= 4 is 44.7 Å². The molecule has 2 aromatic carbocycles. The second-order valence-corrected chi connectivity index (χ2v) is 20.9. The smallest absolute Gasteiger partial charge is 0.408 e. The Morgan fingerprint density at radius 2 is 1.71 bits per heavy atom. The molecule has 0 bridgehead atoms. The van der Waals surface area contributed by atoms with Crippen molar-refractivity contribution in [1.82, 2.24) is 29.8 Å². The minimum Gasteiger partial charge on any atom is -0.497 e. The molecular formula is C46H60N6O10S. The van der Waals surface area contributed by atoms with E-state index >= 15 is 4.79 Å². The molecule has 0 unspecified atom stereocenters. The summed E-state index contributed by atoms with van der Waals surface area (Å²) in [6, 6.07) is 10.2. The van der Waals surface area contributed by atoms with Crippen LogP contribution in [0, 0.1) is 17.8 Å². The van der Waals surface area contributed by atoms with Crippen molar-refractivity contribution in [3.63, 3.8) is 0 Å². The Kier molecular flexibility index (Phi) is 12.7. The van der Waals surface area contributed by atoms with Gasteiger partial charge in [0.15, 0.2) is 5.82 Å². The fourth-order valence-corrected chi connectivity index (χ4v) is 10.4. The van der Waals surface area contributed by atoms with Crippen molar-refractivity contribution in [3.8, 4) is 28.8 Å². The average molecular weight is 889 g/mol. The molecule has 7 rings (SSSR count). The number of carbonyl (C=O) groups is 4. The summed E-state index contributed by atoms with van der Waals surface area (Å²) in [5.74, 6) is -1.18. The van der Waals surface area contributed by atoms with E-state index in [1.165, 1.54) is 9.80 Å². The second kappa shape index (κ2) is 17.6. The predicted octanol–water partition coefficient (Wildman–Crippen LogP) is 6.08. The number of fused-ring (bicyclic) bond motifs is 3. The first-order valence-electron chi connectivity index (χ1n) is 21.9. The highest BCUT2D eigenvalue weighted by atomic mass is 32.2. The molecule has 3 heterocycles. The van der Waals surface area contributed by atoms with Crippen molar-refractivity contribution in [2.24, 2.45) is 17.8 Å². The van der Waals surface area contributed by atoms with Crippen molar-refractivity contribution in [1.29, 1.82) is 0 Å². The molecule has 1 saturated heterocycles. The van der Waals surface area contributed by atoms with Crippen molar-refractivity contribution in [2.75, 3.05) is 13.7 Å². The zero-order chi connectivity index (χ0) is 45.6. The van der Waals surface area contributed by atoms with Crippen LogP contribution in [-0.2, 0) is 24.4 Å². The number of hydrogen-bond acceptors (Lipinski definition) is 11. The van der Waals surface area contributed by atoms with Crippen LogP contribution in [0.1, 0.15) is 93.4 Å². The Bertz CT molecular complexity index is 2380. The Labute approximate surface area is 369 Å². The minimum atomic E-state index is -3.95. The molecule has 1 aromatic heterocycles. The van der Waals surface area contributed by atoms with Crippen molar-refractivity contribution < 1.29 is 46.9 Å². The summed E-state index contributed by atoms with van der Waals surface area (Å²) in [7, 11) is -2.40. The lowest BCUT2D eigenvalue weighted by atomic mass is 9.85. The first-order chi connectivity index (χ1) is 29.7. The topological polar surface area (TPSA) is 207 Å². The zero-order valence-corrected chi connectivity index (χ0v) is 38.1. The predicted molar refractivity (Wildman–Crippen MR) is 236 cm³/mol. The number of nitrogens with zero attached hydrogens (tertiary/aromatic N) is 4. The lowest BCUT2D eigenvalue weighted by Gasteiger charge is -2.43. The molecule has 16 nitrogen and oxygen atoms in total. The van der Waals surface area contributed by atoms with Crippen LogP contribution in [0.25, 0.3) is 22.3 Å². The molecule has 2 aliphatic carbocycles. The largest absolute Gasteiger partial charge is 0.497 e. The number of carboxylic acid groups (broad SMARTS) is 1. The molecule has 340 valence electrons. The number of aromatic nitrogens is 2. The molecule has 4 aliphatic rings. The summed E-state index contributed by atoms with van der Waals surface area (Å²) < 4.78 is 46.3. The van der Waals surface area contributed by atoms with Gasteiger partial charge in [0, 0.05) is 29.5 Å². The van der Waals surface area contributed by atoms with Crippen molar-refractivity contribution in [3.05, 3.63) is 54.6 Å². The van der Waals surface area contributed by atoms with E-state index in [9.17, 15) is 27.9 Å². The number of ether oxygens (including phenoxy) is 3. The van der Waals surface area contributed by atoms with E-state index in [2.05, 4.69) is 17.0 Å². The van der Waals surface area contributed by atoms with E-state index in [0.29, 0.717) is 59.5 Å². The van der Waals surface area contributed by atoms with Crippen LogP contribution < -0.4 is 24.2 Å². The number of hydrogen-bond donors (Lipinski definition) is 3. The fraction of sp³-hybridized carbons (Fsp3) is 0.565. The molecule has 3 fully saturated rings. The molecule has 4 amide bonds. The van der Waals surface area contributed by atoms with Crippen LogP contribution in [0.3, 0.4) is 0 Å². The summed E-state index contributed by atoms with van der Waals surface area (Å²) in [4.78, 5) is 69.4. The molecule has 7 atom stereocenters. The lowest BCUT2D eigenvalue weighted by Crippen LogP contribution is -2.62. The van der Waals surface area contributed by atoms with Crippen LogP contribution >= 0.6 is 0 Å². The van der Waals surface area contributed by atoms with Gasteiger partial charge in [-0.3, -0.25) is 24.0 Å². The number of methoxy groups -OCH3 is 1. The van der Waals surface area contributed by atoms with E-state index < -0.39 is 80.2 Å². The number of rotatable bonds is 10. The molecule has 2 aliphatic heterocycles. The Morgan fingerprint density at radius 3 is 2.35 bits per heavy atom. The normalized spacial score (nSPS) is 27.3. The van der Waals surface area contributed by atoms with Crippen molar-refractivity contribution in [2.45, 2.75) is 134 Å². The maximum Gasteiger partial charge on any atom is 0.408 e. The SMILES string of the molecule is COc1ccc2c(O[C@@H]3C[C@H]4C(=O)N[C@]5(C(=O)NS(=O)(=O)C6CC6)C[C@H]5/C=C\CC[C@@H](C)C[C@@H](C)[C@H](N(C(=O)O)C(C)(C)C)C(=O)N4C3)nc(-c3ccc(OC(C)C)cc3)nc2c1. The monoisotopic (exact) mass is 888 g/mol. The number of benzene rings is 2. The van der Waals surface area contributed by atoms with Gasteiger partial charge in [0.25, 0.3) is 5.91 Å². The Hall–Kier alpha value is -5.45. The molecule has 2 saturated carbocycles. The molecule has 0 spiro atoms. The number of allylic oxidation sites excluding steroid dienone is 1. The van der Waals surface area contributed by atoms with Gasteiger partial charge in [-0.15, -0.1) is 0 Å². The number of nitrogens with one attached hydrogen (secondary N) is 2. The summed E-state index contributed by atoms with van der Waals surface area (Å²) in [6.07, 6.45) is 4.55. The highest BCUT2D eigenvalue weighted by Gasteiger charge is 2.62. The van der Waals surface area contributed by atoms with Gasteiger partial charge in [-0.05, 0) is 121 Å². The van der Waals surface area contributed by atoms with Crippen LogP contribution in [0.15, 0.2) is 54.6 Å². The summed E-state index contributed by atoms with van der Waals surface area (Å²) in [5.41, 5.74) is -1.38. The van der Waals surface area contributed by atoms with Gasteiger partial charge < -0.3 is 29.5 Å². The standard InChI is InChI=1S/C46H60N6O10S/c1-26(2)61-31-15-13-29(14-16-31)39-47-36-22-32(60-8)17-20-35(36)41(48-39)62-33-23-37-40(53)49-46(43(55)50-63(58,59)34-18-19-34)24-30(46)12-10-9-11-27(3)21-28(4)38(42(54)51(37)25-33)52(44(56)57)45(5,6)7/h10,12-17,20,22,26-28,30,33-34,37-38H,9,11,18-19,21,23-25H2,1-8H3,(H,49,53)(H,50,55)(H,56,57)/b12-10-/t27-,28-,30-,33-,37+,38+,46-/m1/s1. The quantitative estimate of drug-likeness (QED) is 0.198. The number of sulfonamides is 1. The van der Waals surface area contributed by atoms with Gasteiger partial charge in [-0.2, -0.15) is 4.98 Å². The molecule has 3 N–H and O–H groups in total. The lowest BCUT2D eigenvalue weighted by molar-refractivity contribution is -0.146. The van der Waals surface area contributed by atoms with E-state index in [4.69, 9.17) is 24.2 Å². The first-order valence-corrected chi connectivity index (χ1v) is 23.4. The molecule has 3 aromatic rings. The van der Waals surface area contributed by atoms with Crippen LogP contribution in [0.5, 0.6) is 17.4 Å². The molecule has 63 heavy (non-hydrogen) atoms. The summed E-state index contributed by atoms with van der Waals surface area (Å²) in [6.45, 7) is 12.9. The summed E-state index contributed by atoms with van der Waals surface area (Å²) in [5, 5.41) is 13.5. The Balaban J connectivity index is 1.29.